The summed E-state index contributed by atoms with van der Waals surface area (Å²) in [6.07, 6.45) is 2.21. The van der Waals surface area contributed by atoms with Gasteiger partial charge in [0.2, 0.25) is 0 Å². The number of aromatic nitrogens is 1. The van der Waals surface area contributed by atoms with Crippen LogP contribution in [0.25, 0.3) is 86.7 Å². The summed E-state index contributed by atoms with van der Waals surface area (Å²) in [5.41, 5.74) is 3.72. The number of fused-ring (bicyclic) bond motifs is 8. The van der Waals surface area contributed by atoms with Crippen LogP contribution < -0.4 is 0 Å². The molecule has 1 N–H and O–H groups in total. The van der Waals surface area contributed by atoms with Crippen molar-refractivity contribution in [3.63, 3.8) is 0 Å². The maximum absolute atomic E-state index is 3.67. The number of benzene rings is 8. The van der Waals surface area contributed by atoms with Crippen molar-refractivity contribution in [2.75, 3.05) is 0 Å². The second-order valence-electron chi connectivity index (χ2n) is 10.2. The van der Waals surface area contributed by atoms with E-state index in [9.17, 15) is 0 Å². The van der Waals surface area contributed by atoms with Gasteiger partial charge in [-0.3, -0.25) is 0 Å². The van der Waals surface area contributed by atoms with Crippen LogP contribution in [0.15, 0.2) is 121 Å². The Balaban J connectivity index is 1.48. The molecule has 0 amide bonds. The van der Waals surface area contributed by atoms with Crippen LogP contribution in [0.5, 0.6) is 0 Å². The van der Waals surface area contributed by atoms with Crippen LogP contribution in [0.3, 0.4) is 0 Å². The van der Waals surface area contributed by atoms with Gasteiger partial charge in [-0.2, -0.15) is 0 Å². The van der Waals surface area contributed by atoms with Crippen molar-refractivity contribution in [3.05, 3.63) is 121 Å². The number of H-pyrrole nitrogens is 1. The molecule has 0 bridgehead atoms. The minimum atomic E-state index is 1.21. The zero-order chi connectivity index (χ0) is 24.1. The lowest BCUT2D eigenvalue weighted by Crippen LogP contribution is -1.88. The van der Waals surface area contributed by atoms with Crippen LogP contribution in [0.1, 0.15) is 0 Å². The zero-order valence-electron chi connectivity index (χ0n) is 20.0. The largest absolute Gasteiger partial charge is 0.360 e. The number of rotatable bonds is 1. The van der Waals surface area contributed by atoms with E-state index in [4.69, 9.17) is 0 Å². The lowest BCUT2D eigenvalue weighted by Gasteiger charge is -2.16. The van der Waals surface area contributed by atoms with Gasteiger partial charge in [0.15, 0.2) is 0 Å². The predicted molar refractivity (Wildman–Crippen MR) is 160 cm³/mol. The van der Waals surface area contributed by atoms with E-state index in [0.717, 1.165) is 0 Å². The number of hydrogen-bond acceptors (Lipinski definition) is 0. The van der Waals surface area contributed by atoms with E-state index in [1.807, 2.05) is 0 Å². The third-order valence-corrected chi connectivity index (χ3v) is 8.34. The SMILES string of the molecule is c1ccc2c(c1)c1ccccc1c1c(-c3cc4cccc5c6cccc7cccc(c(c3)c45)c76)c[nH]c21. The number of aromatic amines is 1. The molecule has 1 heteroatoms. The average molecular weight is 468 g/mol. The quantitative estimate of drug-likeness (QED) is 0.183. The minimum absolute atomic E-state index is 1.21. The summed E-state index contributed by atoms with van der Waals surface area (Å²) in [5, 5.41) is 17.1. The number of hydrogen-bond donors (Lipinski definition) is 1. The molecule has 0 aliphatic carbocycles. The van der Waals surface area contributed by atoms with E-state index >= 15 is 0 Å². The van der Waals surface area contributed by atoms with Gasteiger partial charge in [0, 0.05) is 22.5 Å². The molecule has 1 heterocycles. The Bertz CT molecular complexity index is 2350. The molecule has 0 unspecified atom stereocenters. The van der Waals surface area contributed by atoms with Crippen molar-refractivity contribution in [1.82, 2.24) is 4.98 Å². The lowest BCUT2D eigenvalue weighted by molar-refractivity contribution is 1.49. The molecule has 0 saturated carbocycles. The summed E-state index contributed by atoms with van der Waals surface area (Å²) in [5.74, 6) is 0. The fourth-order valence-corrected chi connectivity index (χ4v) is 6.83. The van der Waals surface area contributed by atoms with Gasteiger partial charge in [0.25, 0.3) is 0 Å². The fourth-order valence-electron chi connectivity index (χ4n) is 6.83. The molecule has 9 rings (SSSR count). The van der Waals surface area contributed by atoms with E-state index in [1.54, 1.807) is 0 Å². The van der Waals surface area contributed by atoms with Gasteiger partial charge in [-0.25, -0.2) is 0 Å². The molecule has 1 nitrogen and oxygen atoms in total. The first-order valence-electron chi connectivity index (χ1n) is 12.9. The normalized spacial score (nSPS) is 12.3. The third kappa shape index (κ3) is 2.43. The van der Waals surface area contributed by atoms with Gasteiger partial charge in [0.05, 0.1) is 5.52 Å². The van der Waals surface area contributed by atoms with Gasteiger partial charge >= 0.3 is 0 Å². The van der Waals surface area contributed by atoms with Gasteiger partial charge < -0.3 is 4.98 Å². The van der Waals surface area contributed by atoms with Crippen molar-refractivity contribution < 1.29 is 0 Å². The molecule has 9 aromatic rings. The monoisotopic (exact) mass is 467 g/mol. The van der Waals surface area contributed by atoms with E-state index in [1.165, 1.54) is 86.7 Å². The van der Waals surface area contributed by atoms with Crippen LogP contribution in [-0.2, 0) is 0 Å². The molecule has 1 aromatic heterocycles. The van der Waals surface area contributed by atoms with E-state index in [-0.39, 0.29) is 0 Å². The van der Waals surface area contributed by atoms with Gasteiger partial charge in [-0.05, 0) is 76.9 Å². The summed E-state index contributed by atoms with van der Waals surface area (Å²) in [6.45, 7) is 0. The van der Waals surface area contributed by atoms with Crippen LogP contribution in [0.2, 0.25) is 0 Å². The lowest BCUT2D eigenvalue weighted by atomic mass is 9.87. The highest BCUT2D eigenvalue weighted by Gasteiger charge is 2.17. The summed E-state index contributed by atoms with van der Waals surface area (Å²) in [6, 6.07) is 42.5. The van der Waals surface area contributed by atoms with E-state index < -0.39 is 0 Å². The van der Waals surface area contributed by atoms with Crippen molar-refractivity contribution in [2.45, 2.75) is 0 Å². The molecule has 0 spiro atoms. The molecule has 0 aliphatic rings. The molecular weight excluding hydrogens is 446 g/mol. The third-order valence-electron chi connectivity index (χ3n) is 8.34. The summed E-state index contributed by atoms with van der Waals surface area (Å²) < 4.78 is 0. The molecule has 0 atom stereocenters. The Kier molecular flexibility index (Phi) is 3.59. The maximum Gasteiger partial charge on any atom is 0.0546 e. The second kappa shape index (κ2) is 6.87. The summed E-state index contributed by atoms with van der Waals surface area (Å²) >= 11 is 0. The first-order chi connectivity index (χ1) is 18.4. The molecule has 8 aromatic carbocycles. The molecule has 170 valence electrons. The Labute approximate surface area is 212 Å². The highest BCUT2D eigenvalue weighted by Crippen LogP contribution is 2.44. The molecular formula is C36H21N. The summed E-state index contributed by atoms with van der Waals surface area (Å²) in [4.78, 5) is 3.67. The van der Waals surface area contributed by atoms with Crippen LogP contribution in [-0.4, -0.2) is 4.98 Å². The predicted octanol–water partition coefficient (Wildman–Crippen LogP) is 10.2. The van der Waals surface area contributed by atoms with Gasteiger partial charge in [0.1, 0.15) is 0 Å². The van der Waals surface area contributed by atoms with Gasteiger partial charge in [-0.15, -0.1) is 0 Å². The van der Waals surface area contributed by atoms with E-state index in [0.29, 0.717) is 0 Å². The summed E-state index contributed by atoms with van der Waals surface area (Å²) in [7, 11) is 0. The van der Waals surface area contributed by atoms with Crippen LogP contribution in [0.4, 0.5) is 0 Å². The zero-order valence-corrected chi connectivity index (χ0v) is 20.0. The Morgan fingerprint density at radius 1 is 0.378 bits per heavy atom. The minimum Gasteiger partial charge on any atom is -0.360 e. The van der Waals surface area contributed by atoms with Crippen molar-refractivity contribution in [2.24, 2.45) is 0 Å². The van der Waals surface area contributed by atoms with Crippen molar-refractivity contribution >= 4 is 75.5 Å². The molecule has 0 aliphatic heterocycles. The number of nitrogens with one attached hydrogen (secondary N) is 1. The molecule has 0 radical (unpaired) electrons. The van der Waals surface area contributed by atoms with E-state index in [2.05, 4.69) is 126 Å². The van der Waals surface area contributed by atoms with Crippen LogP contribution in [0, 0.1) is 0 Å². The fraction of sp³-hybridized carbons (Fsp3) is 0. The molecule has 0 saturated heterocycles. The smallest absolute Gasteiger partial charge is 0.0546 e. The highest BCUT2D eigenvalue weighted by atomic mass is 14.7. The average Bonchev–Trinajstić information content (AvgIpc) is 3.41. The Morgan fingerprint density at radius 3 is 1.62 bits per heavy atom. The highest BCUT2D eigenvalue weighted by molar-refractivity contribution is 6.34. The Hall–Kier alpha value is -4.88. The first-order valence-corrected chi connectivity index (χ1v) is 12.9. The first kappa shape index (κ1) is 19.3. The molecule has 0 fully saturated rings. The second-order valence-corrected chi connectivity index (χ2v) is 10.2. The standard InChI is InChI=1S/C36H21N/c1-3-13-26-24(11-1)25-12-2-4-14-30(25)36-35(26)32(20-37-36)23-18-22-10-7-16-28-27-15-5-8-21-9-6-17-29(33(21)27)31(19-23)34(22)28/h1-20,37H. The van der Waals surface area contributed by atoms with Crippen molar-refractivity contribution in [1.29, 1.82) is 0 Å². The van der Waals surface area contributed by atoms with Crippen molar-refractivity contribution in [3.8, 4) is 11.1 Å². The topological polar surface area (TPSA) is 15.8 Å². The Morgan fingerprint density at radius 2 is 0.892 bits per heavy atom. The molecule has 37 heavy (non-hydrogen) atoms. The van der Waals surface area contributed by atoms with Crippen LogP contribution >= 0.6 is 0 Å². The van der Waals surface area contributed by atoms with Gasteiger partial charge in [-0.1, -0.05) is 103 Å². The maximum atomic E-state index is 3.67.